The molecule has 0 saturated carbocycles. The van der Waals surface area contributed by atoms with Gasteiger partial charge in [0.2, 0.25) is 5.85 Å². The third-order valence-electron chi connectivity index (χ3n) is 3.07. The smallest absolute Gasteiger partial charge is 0.388 e. The van der Waals surface area contributed by atoms with Crippen LogP contribution in [0.2, 0.25) is 0 Å². The number of aliphatic hydroxyl groups is 1. The first kappa shape index (κ1) is 21.5. The number of aromatic amines is 1. The van der Waals surface area contributed by atoms with Crippen LogP contribution in [0.25, 0.3) is 0 Å². The number of ether oxygens (including phenoxy) is 1. The number of aromatic nitrogens is 2. The summed E-state index contributed by atoms with van der Waals surface area (Å²) in [5.74, 6) is -4.10. The van der Waals surface area contributed by atoms with Crippen LogP contribution in [0.5, 0.6) is 0 Å². The van der Waals surface area contributed by atoms with Crippen molar-refractivity contribution in [2.24, 2.45) is 0 Å². The molecule has 1 aromatic rings. The fraction of sp³-hybridized carbons (Fsp3) is 0.500. The largest absolute Gasteiger partial charge is 0.490 e. The molecule has 0 amide bonds. The predicted octanol–water partition coefficient (Wildman–Crippen LogP) is -1.36. The molecule has 1 saturated heterocycles. The van der Waals surface area contributed by atoms with Crippen molar-refractivity contribution >= 4 is 29.8 Å². The highest BCUT2D eigenvalue weighted by atomic mass is 31.3. The van der Waals surface area contributed by atoms with Crippen LogP contribution >= 0.6 is 23.5 Å². The number of aliphatic hydroxyl groups excluding tert-OH is 1. The lowest BCUT2D eigenvalue weighted by atomic mass is 10.2. The van der Waals surface area contributed by atoms with Crippen molar-refractivity contribution in [3.63, 3.8) is 0 Å². The van der Waals surface area contributed by atoms with E-state index in [1.165, 1.54) is 0 Å². The lowest BCUT2D eigenvalue weighted by Gasteiger charge is -2.22. The SMILES string of the molecule is [2H]C([2H])(OP(=O)(O)OP(=O)(O)OP(=O)(O)O)[C@]1(F)C[C@@H](O)[C@]([2H])(n2cc(C=O)c(=O)[nH]c2=O)O1. The molecule has 5 atom stereocenters. The van der Waals surface area contributed by atoms with E-state index in [9.17, 15) is 38.1 Å². The molecule has 0 spiro atoms. The summed E-state index contributed by atoms with van der Waals surface area (Å²) in [7, 11) is -18.2. The highest BCUT2D eigenvalue weighted by Gasteiger charge is 2.50. The molecule has 6 N–H and O–H groups in total. The zero-order valence-electron chi connectivity index (χ0n) is 17.4. The number of hydrogen-bond acceptors (Lipinski definition) is 11. The molecule has 0 bridgehead atoms. The summed E-state index contributed by atoms with van der Waals surface area (Å²) in [5, 5.41) is 10.1. The highest BCUT2D eigenvalue weighted by molar-refractivity contribution is 7.66. The molecule has 176 valence electrons. The number of nitrogens with zero attached hydrogens (tertiary/aromatic N) is 1. The number of aldehydes is 1. The number of rotatable bonds is 9. The van der Waals surface area contributed by atoms with Crippen molar-refractivity contribution in [1.82, 2.24) is 9.55 Å². The van der Waals surface area contributed by atoms with E-state index in [2.05, 4.69) is 17.9 Å². The Kier molecular flexibility index (Phi) is 6.13. The summed E-state index contributed by atoms with van der Waals surface area (Å²) in [6, 6.07) is 0. The Morgan fingerprint density at radius 3 is 2.48 bits per heavy atom. The van der Waals surface area contributed by atoms with Crippen LogP contribution in [0.4, 0.5) is 4.39 Å². The highest BCUT2D eigenvalue weighted by Crippen LogP contribution is 2.66. The van der Waals surface area contributed by atoms with E-state index in [4.69, 9.17) is 18.8 Å². The van der Waals surface area contributed by atoms with Gasteiger partial charge in [-0.15, -0.1) is 0 Å². The molecule has 2 heterocycles. The van der Waals surface area contributed by atoms with Gasteiger partial charge in [0.15, 0.2) is 12.5 Å². The van der Waals surface area contributed by atoms with Crippen molar-refractivity contribution in [2.75, 3.05) is 6.56 Å². The van der Waals surface area contributed by atoms with Crippen LogP contribution in [-0.2, 0) is 31.6 Å². The van der Waals surface area contributed by atoms with Gasteiger partial charge >= 0.3 is 29.2 Å². The number of H-pyrrole nitrogens is 1. The summed E-state index contributed by atoms with van der Waals surface area (Å²) < 4.78 is 87.2. The number of phosphoric ester groups is 1. The zero-order chi connectivity index (χ0) is 26.5. The van der Waals surface area contributed by atoms with Crippen LogP contribution in [-0.4, -0.2) is 59.0 Å². The average molecular weight is 517 g/mol. The molecule has 17 nitrogen and oxygen atoms in total. The monoisotopic (exact) mass is 517 g/mol. The molecule has 1 aromatic heterocycles. The maximum Gasteiger partial charge on any atom is 0.490 e. The van der Waals surface area contributed by atoms with Crippen molar-refractivity contribution in [1.29, 1.82) is 0 Å². The Hall–Kier alpha value is -1.39. The first-order chi connectivity index (χ1) is 15.1. The van der Waals surface area contributed by atoms with E-state index in [0.717, 1.165) is 0 Å². The summed E-state index contributed by atoms with van der Waals surface area (Å²) >= 11 is 0. The molecular weight excluding hydrogens is 500 g/mol. The van der Waals surface area contributed by atoms with Gasteiger partial charge in [0, 0.05) is 12.6 Å². The minimum absolute atomic E-state index is 0.00889. The number of carbonyl (C=O) groups excluding carboxylic acids is 1. The van der Waals surface area contributed by atoms with E-state index in [1.54, 1.807) is 4.98 Å². The predicted molar refractivity (Wildman–Crippen MR) is 91.1 cm³/mol. The van der Waals surface area contributed by atoms with Gasteiger partial charge in [-0.1, -0.05) is 0 Å². The molecular formula is C10H14FN2O15P3. The molecule has 2 unspecified atom stereocenters. The summed E-state index contributed by atoms with van der Waals surface area (Å²) in [4.78, 5) is 71.4. The molecule has 1 fully saturated rings. The van der Waals surface area contributed by atoms with Crippen molar-refractivity contribution in [3.05, 3.63) is 32.6 Å². The van der Waals surface area contributed by atoms with E-state index < -0.39 is 71.4 Å². The number of halogens is 1. The van der Waals surface area contributed by atoms with Crippen LogP contribution in [0, 0.1) is 0 Å². The Morgan fingerprint density at radius 1 is 1.32 bits per heavy atom. The summed E-state index contributed by atoms with van der Waals surface area (Å²) in [5.41, 5.74) is -3.56. The molecule has 31 heavy (non-hydrogen) atoms. The number of phosphoric acid groups is 3. The van der Waals surface area contributed by atoms with Crippen LogP contribution < -0.4 is 11.2 Å². The van der Waals surface area contributed by atoms with Gasteiger partial charge in [0.05, 0.1) is 9.68 Å². The second kappa shape index (κ2) is 8.86. The van der Waals surface area contributed by atoms with Crippen molar-refractivity contribution in [3.8, 4) is 0 Å². The Bertz CT molecular complexity index is 1250. The molecule has 1 aliphatic rings. The zero-order valence-corrected chi connectivity index (χ0v) is 17.1. The number of hydrogen-bond donors (Lipinski definition) is 6. The number of nitrogens with one attached hydrogen (secondary N) is 1. The van der Waals surface area contributed by atoms with Crippen LogP contribution in [0.1, 0.15) is 27.1 Å². The fourth-order valence-corrected chi connectivity index (χ4v) is 4.93. The van der Waals surface area contributed by atoms with Gasteiger partial charge in [-0.3, -0.25) is 23.7 Å². The first-order valence-electron chi connectivity index (χ1n) is 8.80. The van der Waals surface area contributed by atoms with Crippen LogP contribution in [0.15, 0.2) is 15.8 Å². The quantitative estimate of drug-likeness (QED) is 0.163. The average Bonchev–Trinajstić information content (AvgIpc) is 2.81. The fourth-order valence-electron chi connectivity index (χ4n) is 2.04. The normalized spacial score (nSPS) is 32.3. The Morgan fingerprint density at radius 2 is 1.94 bits per heavy atom. The van der Waals surface area contributed by atoms with Gasteiger partial charge in [-0.05, 0) is 0 Å². The van der Waals surface area contributed by atoms with Crippen LogP contribution in [0.3, 0.4) is 0 Å². The second-order valence-electron chi connectivity index (χ2n) is 5.50. The Balaban J connectivity index is 2.39. The standard InChI is InChI=1S/C10H14FN2O15P3/c11-10(4-25-30(21,22)28-31(23,24)27-29(18,19)20)1-6(15)8(26-10)13-2-5(3-14)7(16)12-9(13)17/h2-3,6,8,15H,1,4H2,(H,21,22)(H,23,24)(H,12,16,17)(H2,18,19,20)/t6-,8-,10+/m1/s1/i4D2,8D. The molecule has 0 aromatic carbocycles. The third-order valence-corrected chi connectivity index (χ3v) is 6.72. The Labute approximate surface area is 173 Å². The van der Waals surface area contributed by atoms with Crippen molar-refractivity contribution < 1.29 is 69.6 Å². The third kappa shape index (κ3) is 7.05. The summed E-state index contributed by atoms with van der Waals surface area (Å²) in [6.45, 7) is -4.25. The number of carbonyl (C=O) groups is 1. The lowest BCUT2D eigenvalue weighted by molar-refractivity contribution is -0.178. The van der Waals surface area contributed by atoms with Gasteiger partial charge in [0.1, 0.15) is 12.7 Å². The van der Waals surface area contributed by atoms with Gasteiger partial charge in [0.25, 0.3) is 5.56 Å². The van der Waals surface area contributed by atoms with Crippen molar-refractivity contribution in [2.45, 2.75) is 24.6 Å². The number of alkyl halides is 1. The minimum Gasteiger partial charge on any atom is -0.388 e. The molecule has 0 radical (unpaired) electrons. The molecule has 0 aliphatic carbocycles. The summed E-state index contributed by atoms with van der Waals surface area (Å²) in [6.07, 6.45) is -7.10. The lowest BCUT2D eigenvalue weighted by Crippen LogP contribution is -2.37. The van der Waals surface area contributed by atoms with Gasteiger partial charge < -0.3 is 29.4 Å². The van der Waals surface area contributed by atoms with E-state index in [-0.39, 0.29) is 10.9 Å². The molecule has 2 rings (SSSR count). The maximum absolute atomic E-state index is 15.3. The second-order valence-corrected chi connectivity index (χ2v) is 9.85. The van der Waals surface area contributed by atoms with E-state index in [1.807, 2.05) is 0 Å². The first-order valence-corrected chi connectivity index (χ1v) is 11.8. The topological polar surface area (TPSA) is 261 Å². The van der Waals surface area contributed by atoms with E-state index in [0.29, 0.717) is 6.20 Å². The molecule has 1 aliphatic heterocycles. The van der Waals surface area contributed by atoms with Gasteiger partial charge in [-0.2, -0.15) is 8.62 Å². The van der Waals surface area contributed by atoms with E-state index >= 15 is 4.39 Å². The molecule has 21 heteroatoms. The minimum atomic E-state index is -6.26. The van der Waals surface area contributed by atoms with Gasteiger partial charge in [-0.25, -0.2) is 22.9 Å². The maximum atomic E-state index is 15.3.